The van der Waals surface area contributed by atoms with Crippen LogP contribution in [0.2, 0.25) is 0 Å². The molecule has 8 nitrogen and oxygen atoms in total. The molecular formula is C23H29N3O5. The summed E-state index contributed by atoms with van der Waals surface area (Å²) in [5.74, 6) is -1.05. The first-order valence-electron chi connectivity index (χ1n) is 10.3. The third-order valence-electron chi connectivity index (χ3n) is 5.60. The average molecular weight is 428 g/mol. The van der Waals surface area contributed by atoms with Gasteiger partial charge in [0.05, 0.1) is 29.7 Å². The van der Waals surface area contributed by atoms with Gasteiger partial charge in [0.25, 0.3) is 5.56 Å². The summed E-state index contributed by atoms with van der Waals surface area (Å²) in [4.78, 5) is 28.3. The van der Waals surface area contributed by atoms with Crippen LogP contribution in [-0.2, 0) is 29.5 Å². The van der Waals surface area contributed by atoms with Gasteiger partial charge in [0.1, 0.15) is 5.82 Å². The maximum Gasteiger partial charge on any atom is 0.309 e. The fraction of sp³-hybridized carbons (Fsp3) is 0.435. The maximum absolute atomic E-state index is 12.1. The molecule has 0 fully saturated rings. The van der Waals surface area contributed by atoms with E-state index in [0.717, 1.165) is 28.0 Å². The summed E-state index contributed by atoms with van der Waals surface area (Å²) in [6.07, 6.45) is 1.74. The molecule has 0 aliphatic heterocycles. The van der Waals surface area contributed by atoms with Crippen LogP contribution in [0.4, 0.5) is 0 Å². The zero-order valence-corrected chi connectivity index (χ0v) is 18.3. The minimum Gasteiger partial charge on any atom is -0.481 e. The van der Waals surface area contributed by atoms with E-state index in [1.165, 1.54) is 6.92 Å². The summed E-state index contributed by atoms with van der Waals surface area (Å²) in [7, 11) is 3.37. The van der Waals surface area contributed by atoms with Crippen molar-refractivity contribution in [3.8, 4) is 11.4 Å². The number of benzene rings is 1. The fourth-order valence-electron chi connectivity index (χ4n) is 3.85. The molecular weight excluding hydrogens is 398 g/mol. The van der Waals surface area contributed by atoms with Gasteiger partial charge in [-0.1, -0.05) is 6.07 Å². The van der Waals surface area contributed by atoms with Crippen LogP contribution >= 0.6 is 0 Å². The number of aliphatic carboxylic acids is 1. The van der Waals surface area contributed by atoms with Crippen molar-refractivity contribution in [3.05, 3.63) is 51.9 Å². The Morgan fingerprint density at radius 2 is 2.03 bits per heavy atom. The normalized spacial score (nSPS) is 13.5. The Morgan fingerprint density at radius 3 is 2.65 bits per heavy atom. The molecule has 2 aromatic heterocycles. The number of hydrogen-bond acceptors (Lipinski definition) is 5. The van der Waals surface area contributed by atoms with E-state index in [4.69, 9.17) is 9.72 Å². The molecule has 0 saturated carbocycles. The average Bonchev–Trinajstić information content (AvgIpc) is 3.07. The monoisotopic (exact) mass is 427 g/mol. The second-order valence-electron chi connectivity index (χ2n) is 7.95. The van der Waals surface area contributed by atoms with E-state index in [-0.39, 0.29) is 5.56 Å². The van der Waals surface area contributed by atoms with Crippen LogP contribution in [0.1, 0.15) is 24.5 Å². The summed E-state index contributed by atoms with van der Waals surface area (Å²) >= 11 is 0. The molecule has 0 aliphatic rings. The number of carbonyl (C=O) groups is 1. The summed E-state index contributed by atoms with van der Waals surface area (Å²) in [6.45, 7) is 4.40. The second-order valence-corrected chi connectivity index (χ2v) is 7.95. The number of aliphatic hydroxyl groups excluding tert-OH is 1. The molecule has 0 aliphatic carbocycles. The lowest BCUT2D eigenvalue weighted by atomic mass is 9.95. The Labute approximate surface area is 180 Å². The third-order valence-corrected chi connectivity index (χ3v) is 5.60. The predicted octanol–water partition coefficient (Wildman–Crippen LogP) is 2.37. The second kappa shape index (κ2) is 9.45. The molecule has 8 heteroatoms. The number of fused-ring (bicyclic) bond motifs is 1. The molecule has 2 N–H and O–H groups in total. The Kier molecular flexibility index (Phi) is 6.92. The number of imidazole rings is 1. The summed E-state index contributed by atoms with van der Waals surface area (Å²) in [5.41, 5.74) is 4.12. The van der Waals surface area contributed by atoms with E-state index in [0.29, 0.717) is 31.6 Å². The van der Waals surface area contributed by atoms with Gasteiger partial charge in [-0.05, 0) is 50.5 Å². The fourth-order valence-corrected chi connectivity index (χ4v) is 3.85. The van der Waals surface area contributed by atoms with Crippen molar-refractivity contribution >= 4 is 17.0 Å². The first-order chi connectivity index (χ1) is 14.7. The molecule has 0 radical (unpaired) electrons. The highest BCUT2D eigenvalue weighted by atomic mass is 16.5. The first-order valence-corrected chi connectivity index (χ1v) is 10.3. The van der Waals surface area contributed by atoms with Gasteiger partial charge in [0.15, 0.2) is 0 Å². The molecule has 3 aromatic rings. The van der Waals surface area contributed by atoms with Crippen molar-refractivity contribution in [3.63, 3.8) is 0 Å². The SMILES string of the molecule is COCCn1c(-c2cc(C)c(=O)n(C)c2)nc2cc(CC[C@H](C(=O)O)[C@@H](C)O)ccc21. The van der Waals surface area contributed by atoms with Gasteiger partial charge in [0, 0.05) is 38.0 Å². The standard InChI is InChI=1S/C23H29N3O5/c1-14-11-17(13-25(3)22(14)28)21-24-19-12-16(5-7-18(15(2)27)23(29)30)6-8-20(19)26(21)9-10-31-4/h6,8,11-13,15,18,27H,5,7,9-10H2,1-4H3,(H,29,30)/t15-,18+/m1/s1. The van der Waals surface area contributed by atoms with Crippen molar-refractivity contribution in [1.82, 2.24) is 14.1 Å². The number of rotatable bonds is 9. The zero-order chi connectivity index (χ0) is 22.7. The molecule has 2 heterocycles. The Morgan fingerprint density at radius 1 is 1.29 bits per heavy atom. The largest absolute Gasteiger partial charge is 0.481 e. The van der Waals surface area contributed by atoms with Crippen LogP contribution in [0, 0.1) is 12.8 Å². The molecule has 0 spiro atoms. The molecule has 31 heavy (non-hydrogen) atoms. The summed E-state index contributed by atoms with van der Waals surface area (Å²) in [6, 6.07) is 7.74. The van der Waals surface area contributed by atoms with Crippen molar-refractivity contribution in [1.29, 1.82) is 0 Å². The minimum atomic E-state index is -0.993. The predicted molar refractivity (Wildman–Crippen MR) is 118 cm³/mol. The van der Waals surface area contributed by atoms with Crippen molar-refractivity contribution in [2.75, 3.05) is 13.7 Å². The lowest BCUT2D eigenvalue weighted by Gasteiger charge is -2.15. The van der Waals surface area contributed by atoms with Gasteiger partial charge in [-0.15, -0.1) is 0 Å². The third kappa shape index (κ3) is 4.86. The van der Waals surface area contributed by atoms with Crippen molar-refractivity contribution in [2.24, 2.45) is 13.0 Å². The van der Waals surface area contributed by atoms with Crippen molar-refractivity contribution in [2.45, 2.75) is 39.3 Å². The number of methoxy groups -OCH3 is 1. The van der Waals surface area contributed by atoms with E-state index in [1.807, 2.05) is 24.3 Å². The first kappa shape index (κ1) is 22.7. The van der Waals surface area contributed by atoms with Crippen LogP contribution in [0.3, 0.4) is 0 Å². The summed E-state index contributed by atoms with van der Waals surface area (Å²) < 4.78 is 8.89. The molecule has 0 saturated heterocycles. The van der Waals surface area contributed by atoms with Gasteiger partial charge in [-0.25, -0.2) is 4.98 Å². The van der Waals surface area contributed by atoms with Gasteiger partial charge in [-0.3, -0.25) is 9.59 Å². The quantitative estimate of drug-likeness (QED) is 0.543. The maximum atomic E-state index is 12.1. The molecule has 0 bridgehead atoms. The molecule has 0 amide bonds. The Bertz CT molecular complexity index is 1120. The van der Waals surface area contributed by atoms with Crippen LogP contribution in [-0.4, -0.2) is 50.1 Å². The Hall–Kier alpha value is -2.97. The van der Waals surface area contributed by atoms with E-state index >= 15 is 0 Å². The van der Waals surface area contributed by atoms with E-state index < -0.39 is 18.0 Å². The highest BCUT2D eigenvalue weighted by Crippen LogP contribution is 2.26. The van der Waals surface area contributed by atoms with Crippen LogP contribution in [0.25, 0.3) is 22.4 Å². The molecule has 1 aromatic carbocycles. The van der Waals surface area contributed by atoms with Gasteiger partial charge < -0.3 is 24.1 Å². The highest BCUT2D eigenvalue weighted by Gasteiger charge is 2.23. The van der Waals surface area contributed by atoms with Gasteiger partial charge in [0.2, 0.25) is 0 Å². The number of aromatic nitrogens is 3. The van der Waals surface area contributed by atoms with Crippen LogP contribution in [0.15, 0.2) is 35.3 Å². The molecule has 2 atom stereocenters. The smallest absolute Gasteiger partial charge is 0.309 e. The van der Waals surface area contributed by atoms with Crippen LogP contribution in [0.5, 0.6) is 0 Å². The Balaban J connectivity index is 2.01. The number of ether oxygens (including phenoxy) is 1. The van der Waals surface area contributed by atoms with E-state index in [2.05, 4.69) is 4.57 Å². The van der Waals surface area contributed by atoms with E-state index in [1.54, 1.807) is 31.8 Å². The van der Waals surface area contributed by atoms with Crippen LogP contribution < -0.4 is 5.56 Å². The van der Waals surface area contributed by atoms with Gasteiger partial charge in [-0.2, -0.15) is 0 Å². The number of hydrogen-bond donors (Lipinski definition) is 2. The topological polar surface area (TPSA) is 107 Å². The minimum absolute atomic E-state index is 0.0447. The highest BCUT2D eigenvalue weighted by molar-refractivity contribution is 5.81. The number of pyridine rings is 1. The lowest BCUT2D eigenvalue weighted by molar-refractivity contribution is -0.145. The van der Waals surface area contributed by atoms with E-state index in [9.17, 15) is 19.8 Å². The number of nitrogens with zero attached hydrogens (tertiary/aromatic N) is 3. The molecule has 166 valence electrons. The number of carboxylic acid groups (broad SMARTS) is 1. The van der Waals surface area contributed by atoms with Crippen molar-refractivity contribution < 1.29 is 19.7 Å². The zero-order valence-electron chi connectivity index (χ0n) is 18.3. The number of carboxylic acids is 1. The number of aryl methyl sites for hydroxylation is 3. The molecule has 0 unspecified atom stereocenters. The van der Waals surface area contributed by atoms with Gasteiger partial charge >= 0.3 is 5.97 Å². The summed E-state index contributed by atoms with van der Waals surface area (Å²) in [5, 5.41) is 19.0. The number of aliphatic hydroxyl groups is 1. The molecule has 3 rings (SSSR count). The lowest BCUT2D eigenvalue weighted by Crippen LogP contribution is -2.26.